The number of carbonyl (C=O) groups is 2. The number of fused-ring (bicyclic) bond motifs is 1. The summed E-state index contributed by atoms with van der Waals surface area (Å²) in [6.45, 7) is 0. The molecular weight excluding hydrogens is 340 g/mol. The van der Waals surface area contributed by atoms with Gasteiger partial charge >= 0.3 is 5.97 Å². The van der Waals surface area contributed by atoms with Crippen LogP contribution in [0.15, 0.2) is 85.2 Å². The molecule has 1 atom stereocenters. The molecule has 2 heterocycles. The number of para-hydroxylation sites is 1. The molecule has 0 amide bonds. The van der Waals surface area contributed by atoms with Crippen LogP contribution in [0.25, 0.3) is 10.9 Å². The largest absolute Gasteiger partial charge is 0.444 e. The van der Waals surface area contributed by atoms with Gasteiger partial charge in [0.25, 0.3) is 0 Å². The number of nitrogens with zero attached hydrogens (tertiary/aromatic N) is 1. The van der Waals surface area contributed by atoms with E-state index in [4.69, 9.17) is 4.74 Å². The van der Waals surface area contributed by atoms with Crippen molar-refractivity contribution in [2.24, 2.45) is 0 Å². The molecule has 132 valence electrons. The molecule has 5 nitrogen and oxygen atoms in total. The van der Waals surface area contributed by atoms with Gasteiger partial charge in [-0.3, -0.25) is 4.79 Å². The number of rotatable bonds is 5. The van der Waals surface area contributed by atoms with Crippen molar-refractivity contribution in [2.45, 2.75) is 6.10 Å². The van der Waals surface area contributed by atoms with E-state index in [-0.39, 0.29) is 11.5 Å². The quantitative estimate of drug-likeness (QED) is 0.426. The molecule has 0 saturated carbocycles. The van der Waals surface area contributed by atoms with Crippen molar-refractivity contribution in [3.8, 4) is 0 Å². The number of aromatic nitrogens is 2. The van der Waals surface area contributed by atoms with Gasteiger partial charge in [-0.15, -0.1) is 0 Å². The predicted molar refractivity (Wildman–Crippen MR) is 101 cm³/mol. The lowest BCUT2D eigenvalue weighted by molar-refractivity contribution is 0.0275. The van der Waals surface area contributed by atoms with Crippen LogP contribution in [0.5, 0.6) is 0 Å². The molecule has 4 aromatic rings. The Morgan fingerprint density at radius 3 is 2.41 bits per heavy atom. The number of hydrogen-bond acceptors (Lipinski definition) is 4. The summed E-state index contributed by atoms with van der Waals surface area (Å²) < 4.78 is 5.59. The normalized spacial score (nSPS) is 11.9. The molecule has 2 aromatic heterocycles. The summed E-state index contributed by atoms with van der Waals surface area (Å²) in [5.41, 5.74) is 2.10. The Kier molecular flexibility index (Phi) is 4.49. The van der Waals surface area contributed by atoms with Crippen LogP contribution in [0.2, 0.25) is 0 Å². The fourth-order valence-corrected chi connectivity index (χ4v) is 2.97. The van der Waals surface area contributed by atoms with Gasteiger partial charge in [0.05, 0.1) is 0 Å². The summed E-state index contributed by atoms with van der Waals surface area (Å²) in [4.78, 5) is 32.9. The average Bonchev–Trinajstić information content (AvgIpc) is 3.17. The highest BCUT2D eigenvalue weighted by molar-refractivity contribution is 6.10. The third-order valence-electron chi connectivity index (χ3n) is 4.29. The highest BCUT2D eigenvalue weighted by Gasteiger charge is 2.28. The summed E-state index contributed by atoms with van der Waals surface area (Å²) >= 11 is 0. The molecule has 0 unspecified atom stereocenters. The number of ether oxygens (including phenoxy) is 1. The number of ketones is 1. The lowest BCUT2D eigenvalue weighted by Crippen LogP contribution is -2.20. The van der Waals surface area contributed by atoms with E-state index in [9.17, 15) is 9.59 Å². The van der Waals surface area contributed by atoms with E-state index in [1.54, 1.807) is 48.7 Å². The summed E-state index contributed by atoms with van der Waals surface area (Å²) in [6.07, 6.45) is 2.10. The first-order valence-corrected chi connectivity index (χ1v) is 8.51. The third-order valence-corrected chi connectivity index (χ3v) is 4.29. The molecule has 2 aromatic carbocycles. The van der Waals surface area contributed by atoms with E-state index >= 15 is 0 Å². The van der Waals surface area contributed by atoms with Gasteiger partial charge < -0.3 is 9.72 Å². The molecule has 0 bridgehead atoms. The second kappa shape index (κ2) is 7.25. The number of Topliss-reactive ketones (excluding diaryl/α,β-unsaturated/α-hetero) is 1. The molecule has 0 saturated heterocycles. The summed E-state index contributed by atoms with van der Waals surface area (Å²) in [5.74, 6) is -0.930. The number of pyridine rings is 1. The molecule has 4 rings (SSSR count). The van der Waals surface area contributed by atoms with E-state index in [1.807, 2.05) is 30.3 Å². The zero-order chi connectivity index (χ0) is 18.6. The highest BCUT2D eigenvalue weighted by atomic mass is 16.5. The minimum absolute atomic E-state index is 0.158. The van der Waals surface area contributed by atoms with Crippen LogP contribution in [0.3, 0.4) is 0 Å². The summed E-state index contributed by atoms with van der Waals surface area (Å²) in [7, 11) is 0. The lowest BCUT2D eigenvalue weighted by Gasteiger charge is -2.17. The predicted octanol–water partition coefficient (Wildman–Crippen LogP) is 4.34. The Morgan fingerprint density at radius 1 is 0.889 bits per heavy atom. The van der Waals surface area contributed by atoms with Crippen molar-refractivity contribution >= 4 is 22.7 Å². The molecule has 0 spiro atoms. The van der Waals surface area contributed by atoms with Gasteiger partial charge in [0.1, 0.15) is 5.69 Å². The lowest BCUT2D eigenvalue weighted by atomic mass is 9.99. The third kappa shape index (κ3) is 3.35. The fourth-order valence-electron chi connectivity index (χ4n) is 2.97. The van der Waals surface area contributed by atoms with Gasteiger partial charge in [0.15, 0.2) is 6.10 Å². The minimum Gasteiger partial charge on any atom is -0.444 e. The van der Waals surface area contributed by atoms with E-state index in [1.165, 1.54) is 6.20 Å². The van der Waals surface area contributed by atoms with E-state index < -0.39 is 12.1 Å². The molecule has 0 aliphatic carbocycles. The van der Waals surface area contributed by atoms with Crippen LogP contribution in [-0.4, -0.2) is 21.7 Å². The Balaban J connectivity index is 1.72. The van der Waals surface area contributed by atoms with Crippen LogP contribution in [0, 0.1) is 0 Å². The van der Waals surface area contributed by atoms with Gasteiger partial charge in [-0.05, 0) is 18.2 Å². The molecule has 27 heavy (non-hydrogen) atoms. The van der Waals surface area contributed by atoms with Crippen molar-refractivity contribution in [3.63, 3.8) is 0 Å². The first kappa shape index (κ1) is 16.7. The Bertz CT molecular complexity index is 1090. The zero-order valence-electron chi connectivity index (χ0n) is 14.3. The summed E-state index contributed by atoms with van der Waals surface area (Å²) in [5, 5.41) is 0.789. The van der Waals surface area contributed by atoms with Crippen LogP contribution in [0.4, 0.5) is 0 Å². The van der Waals surface area contributed by atoms with Crippen LogP contribution in [-0.2, 0) is 4.74 Å². The maximum absolute atomic E-state index is 13.3. The number of carbonyl (C=O) groups excluding carboxylic acids is 2. The maximum Gasteiger partial charge on any atom is 0.357 e. The molecule has 5 heteroatoms. The fraction of sp³-hybridized carbons (Fsp3) is 0.0455. The molecule has 0 aliphatic rings. The highest BCUT2D eigenvalue weighted by Crippen LogP contribution is 2.27. The van der Waals surface area contributed by atoms with Crippen LogP contribution < -0.4 is 0 Å². The Morgan fingerprint density at radius 2 is 1.63 bits per heavy atom. The van der Waals surface area contributed by atoms with E-state index in [0.29, 0.717) is 11.1 Å². The van der Waals surface area contributed by atoms with Gasteiger partial charge in [-0.1, -0.05) is 54.6 Å². The molecule has 1 N–H and O–H groups in total. The molecule has 0 radical (unpaired) electrons. The zero-order valence-corrected chi connectivity index (χ0v) is 14.3. The average molecular weight is 356 g/mol. The van der Waals surface area contributed by atoms with E-state index in [2.05, 4.69) is 9.97 Å². The van der Waals surface area contributed by atoms with Gasteiger partial charge in [0.2, 0.25) is 5.78 Å². The first-order chi connectivity index (χ1) is 13.2. The first-order valence-electron chi connectivity index (χ1n) is 8.51. The van der Waals surface area contributed by atoms with Crippen molar-refractivity contribution in [3.05, 3.63) is 102 Å². The molecular formula is C22H16N2O3. The standard InChI is InChI=1S/C22H16N2O3/c25-20(17-14-24-18-11-5-4-10-16(17)18)21(15-8-2-1-3-9-15)27-22(26)19-12-6-7-13-23-19/h1-14,21,24H/t21-/m1/s1. The van der Waals surface area contributed by atoms with Gasteiger partial charge in [-0.25, -0.2) is 9.78 Å². The topological polar surface area (TPSA) is 72.1 Å². The van der Waals surface area contributed by atoms with Gasteiger partial charge in [-0.2, -0.15) is 0 Å². The van der Waals surface area contributed by atoms with Crippen LogP contribution in [0.1, 0.15) is 32.5 Å². The Labute approximate surface area is 155 Å². The second-order valence-electron chi connectivity index (χ2n) is 6.02. The monoisotopic (exact) mass is 356 g/mol. The number of aromatic amines is 1. The number of hydrogen-bond donors (Lipinski definition) is 1. The van der Waals surface area contributed by atoms with Crippen molar-refractivity contribution in [2.75, 3.05) is 0 Å². The van der Waals surface area contributed by atoms with Crippen molar-refractivity contribution in [1.29, 1.82) is 0 Å². The number of benzene rings is 2. The second-order valence-corrected chi connectivity index (χ2v) is 6.02. The number of nitrogens with one attached hydrogen (secondary N) is 1. The smallest absolute Gasteiger partial charge is 0.357 e. The van der Waals surface area contributed by atoms with Crippen molar-refractivity contribution < 1.29 is 14.3 Å². The van der Waals surface area contributed by atoms with E-state index in [0.717, 1.165) is 10.9 Å². The van der Waals surface area contributed by atoms with Crippen LogP contribution >= 0.6 is 0 Å². The SMILES string of the molecule is O=C(O[C@@H](C(=O)c1c[nH]c2ccccc12)c1ccccc1)c1ccccn1. The number of H-pyrrole nitrogens is 1. The summed E-state index contributed by atoms with van der Waals surface area (Å²) in [6, 6.07) is 21.5. The minimum atomic E-state index is -1.06. The molecule has 0 fully saturated rings. The number of esters is 1. The molecule has 0 aliphatic heterocycles. The maximum atomic E-state index is 13.3. The Hall–Kier alpha value is -3.73. The van der Waals surface area contributed by atoms with Gasteiger partial charge in [0, 0.05) is 34.4 Å². The van der Waals surface area contributed by atoms with Crippen molar-refractivity contribution in [1.82, 2.24) is 9.97 Å².